The van der Waals surface area contributed by atoms with Crippen LogP contribution in [0.15, 0.2) is 24.3 Å². The third-order valence-corrected chi connectivity index (χ3v) is 4.63. The van der Waals surface area contributed by atoms with Gasteiger partial charge >= 0.3 is 12.2 Å². The first-order valence-electron chi connectivity index (χ1n) is 9.59. The van der Waals surface area contributed by atoms with Gasteiger partial charge in [0, 0.05) is 45.9 Å². The van der Waals surface area contributed by atoms with E-state index in [-0.39, 0.29) is 30.5 Å². The molecule has 7 nitrogen and oxygen atoms in total. The molecule has 0 unspecified atom stereocenters. The van der Waals surface area contributed by atoms with Gasteiger partial charge in [-0.05, 0) is 25.5 Å². The Morgan fingerprint density at radius 1 is 1.14 bits per heavy atom. The topological polar surface area (TPSA) is 70.6 Å². The second kappa shape index (κ2) is 9.25. The number of fused-ring (bicyclic) bond motifs is 1. The molecule has 1 saturated heterocycles. The molecular weight excluding hydrogens is 387 g/mol. The molecule has 0 saturated carbocycles. The molecule has 1 aromatic heterocycles. The van der Waals surface area contributed by atoms with Gasteiger partial charge in [0.1, 0.15) is 0 Å². The van der Waals surface area contributed by atoms with Crippen molar-refractivity contribution < 1.29 is 22.7 Å². The minimum absolute atomic E-state index is 0.187. The third kappa shape index (κ3) is 5.26. The van der Waals surface area contributed by atoms with Crippen molar-refractivity contribution in [3.8, 4) is 0 Å². The van der Waals surface area contributed by atoms with Crippen LogP contribution < -0.4 is 10.2 Å². The zero-order valence-corrected chi connectivity index (χ0v) is 16.2. The maximum Gasteiger partial charge on any atom is 0.437 e. The molecule has 0 radical (unpaired) electrons. The van der Waals surface area contributed by atoms with Gasteiger partial charge in [0.2, 0.25) is 0 Å². The number of urea groups is 1. The largest absolute Gasteiger partial charge is 0.437 e. The normalized spacial score (nSPS) is 15.0. The van der Waals surface area contributed by atoms with Gasteiger partial charge in [0.25, 0.3) is 0 Å². The highest BCUT2D eigenvalue weighted by Crippen LogP contribution is 2.35. The Bertz CT molecular complexity index is 838. The van der Waals surface area contributed by atoms with Gasteiger partial charge in [-0.1, -0.05) is 12.1 Å². The Kier molecular flexibility index (Phi) is 6.73. The predicted octanol–water partition coefficient (Wildman–Crippen LogP) is 2.91. The maximum atomic E-state index is 13.6. The van der Waals surface area contributed by atoms with Crippen molar-refractivity contribution in [3.05, 3.63) is 30.0 Å². The van der Waals surface area contributed by atoms with Crippen LogP contribution >= 0.6 is 0 Å². The van der Waals surface area contributed by atoms with E-state index >= 15 is 0 Å². The second-order valence-corrected chi connectivity index (χ2v) is 6.64. The zero-order chi connectivity index (χ0) is 20.9. The van der Waals surface area contributed by atoms with E-state index in [1.165, 1.54) is 6.07 Å². The molecule has 1 fully saturated rings. The smallest absolute Gasteiger partial charge is 0.382 e. The summed E-state index contributed by atoms with van der Waals surface area (Å²) in [4.78, 5) is 23.4. The number of ether oxygens (including phenoxy) is 1. The summed E-state index contributed by atoms with van der Waals surface area (Å²) in [6.45, 7) is 4.73. The highest BCUT2D eigenvalue weighted by atomic mass is 19.4. The van der Waals surface area contributed by atoms with Crippen molar-refractivity contribution in [3.63, 3.8) is 0 Å². The summed E-state index contributed by atoms with van der Waals surface area (Å²) < 4.78 is 45.9. The fourth-order valence-corrected chi connectivity index (χ4v) is 3.15. The van der Waals surface area contributed by atoms with Crippen LogP contribution in [-0.4, -0.2) is 66.8 Å². The molecule has 0 aliphatic carbocycles. The number of aromatic nitrogens is 2. The number of nitrogens with one attached hydrogen (secondary N) is 1. The second-order valence-electron chi connectivity index (χ2n) is 6.64. The van der Waals surface area contributed by atoms with Crippen molar-refractivity contribution in [1.82, 2.24) is 20.2 Å². The van der Waals surface area contributed by atoms with Crippen molar-refractivity contribution in [2.45, 2.75) is 19.5 Å². The van der Waals surface area contributed by atoms with E-state index in [1.54, 1.807) is 28.0 Å². The SMILES string of the molecule is CCOCCCNC(=O)N1CCN(c2nc3ccccc3nc2C(F)(F)F)CC1. The zero-order valence-electron chi connectivity index (χ0n) is 16.2. The van der Waals surface area contributed by atoms with Crippen LogP contribution in [0.4, 0.5) is 23.8 Å². The maximum absolute atomic E-state index is 13.6. The lowest BCUT2D eigenvalue weighted by atomic mass is 10.2. The molecule has 10 heteroatoms. The van der Waals surface area contributed by atoms with Gasteiger partial charge in [-0.3, -0.25) is 0 Å². The minimum Gasteiger partial charge on any atom is -0.382 e. The lowest BCUT2D eigenvalue weighted by molar-refractivity contribution is -0.140. The summed E-state index contributed by atoms with van der Waals surface area (Å²) >= 11 is 0. The van der Waals surface area contributed by atoms with E-state index < -0.39 is 11.9 Å². The van der Waals surface area contributed by atoms with Crippen LogP contribution in [0.25, 0.3) is 11.0 Å². The number of halogens is 3. The van der Waals surface area contributed by atoms with E-state index in [0.717, 1.165) is 0 Å². The average Bonchev–Trinajstić information content (AvgIpc) is 2.72. The molecule has 2 heterocycles. The fourth-order valence-electron chi connectivity index (χ4n) is 3.15. The highest BCUT2D eigenvalue weighted by Gasteiger charge is 2.39. The summed E-state index contributed by atoms with van der Waals surface area (Å²) in [6, 6.07) is 6.26. The number of carbonyl (C=O) groups is 1. The van der Waals surface area contributed by atoms with Gasteiger partial charge in [-0.2, -0.15) is 13.2 Å². The number of para-hydroxylation sites is 2. The Balaban J connectivity index is 1.66. The van der Waals surface area contributed by atoms with Crippen LogP contribution in [0.1, 0.15) is 19.0 Å². The number of nitrogens with zero attached hydrogens (tertiary/aromatic N) is 4. The molecule has 0 spiro atoms. The highest BCUT2D eigenvalue weighted by molar-refractivity contribution is 5.77. The van der Waals surface area contributed by atoms with Gasteiger partial charge in [0.05, 0.1) is 11.0 Å². The predicted molar refractivity (Wildman–Crippen MR) is 103 cm³/mol. The van der Waals surface area contributed by atoms with Gasteiger partial charge < -0.3 is 19.9 Å². The lowest BCUT2D eigenvalue weighted by Gasteiger charge is -2.36. The van der Waals surface area contributed by atoms with Crippen molar-refractivity contribution in [2.75, 3.05) is 50.8 Å². The van der Waals surface area contributed by atoms with Gasteiger partial charge in [-0.25, -0.2) is 14.8 Å². The number of carbonyl (C=O) groups excluding carboxylic acids is 1. The number of piperazine rings is 1. The van der Waals surface area contributed by atoms with Crippen LogP contribution in [0.3, 0.4) is 0 Å². The molecule has 1 aliphatic rings. The average molecular weight is 411 g/mol. The summed E-state index contributed by atoms with van der Waals surface area (Å²) in [7, 11) is 0. The number of alkyl halides is 3. The van der Waals surface area contributed by atoms with Crippen LogP contribution in [0.2, 0.25) is 0 Å². The van der Waals surface area contributed by atoms with Crippen molar-refractivity contribution in [2.24, 2.45) is 0 Å². The molecule has 0 atom stereocenters. The first kappa shape index (κ1) is 21.1. The number of amides is 2. The summed E-state index contributed by atoms with van der Waals surface area (Å²) in [5, 5.41) is 2.81. The molecule has 1 aromatic carbocycles. The first-order chi connectivity index (χ1) is 13.9. The van der Waals surface area contributed by atoms with Crippen molar-refractivity contribution in [1.29, 1.82) is 0 Å². The van der Waals surface area contributed by atoms with E-state index in [0.29, 0.717) is 44.8 Å². The molecule has 158 valence electrons. The van der Waals surface area contributed by atoms with Crippen LogP contribution in [0.5, 0.6) is 0 Å². The van der Waals surface area contributed by atoms with E-state index in [2.05, 4.69) is 15.3 Å². The Hall–Kier alpha value is -2.62. The van der Waals surface area contributed by atoms with E-state index in [4.69, 9.17) is 4.74 Å². The molecular formula is C19H24F3N5O2. The number of rotatable bonds is 6. The van der Waals surface area contributed by atoms with Crippen LogP contribution in [-0.2, 0) is 10.9 Å². The van der Waals surface area contributed by atoms with E-state index in [1.807, 2.05) is 6.92 Å². The lowest BCUT2D eigenvalue weighted by Crippen LogP contribution is -2.52. The molecule has 3 rings (SSSR count). The first-order valence-corrected chi connectivity index (χ1v) is 9.59. The van der Waals surface area contributed by atoms with Gasteiger partial charge in [0.15, 0.2) is 11.5 Å². The van der Waals surface area contributed by atoms with Crippen molar-refractivity contribution >= 4 is 22.9 Å². The standard InChI is InChI=1S/C19H24F3N5O2/c1-2-29-13-5-8-23-18(28)27-11-9-26(10-12-27)17-16(19(20,21)22)24-14-6-3-4-7-15(14)25-17/h3-4,6-7H,2,5,8-13H2,1H3,(H,23,28). The Morgan fingerprint density at radius 3 is 2.41 bits per heavy atom. The quantitative estimate of drug-likeness (QED) is 0.741. The Morgan fingerprint density at radius 2 is 1.79 bits per heavy atom. The number of benzene rings is 1. The molecule has 2 amide bonds. The van der Waals surface area contributed by atoms with Gasteiger partial charge in [-0.15, -0.1) is 0 Å². The number of hydrogen-bond donors (Lipinski definition) is 1. The fraction of sp³-hybridized carbons (Fsp3) is 0.526. The summed E-state index contributed by atoms with van der Waals surface area (Å²) in [5.74, 6) is -0.187. The minimum atomic E-state index is -4.61. The molecule has 1 aliphatic heterocycles. The number of hydrogen-bond acceptors (Lipinski definition) is 5. The number of anilines is 1. The molecule has 29 heavy (non-hydrogen) atoms. The summed E-state index contributed by atoms with van der Waals surface area (Å²) in [5.41, 5.74) is -0.386. The third-order valence-electron chi connectivity index (χ3n) is 4.63. The monoisotopic (exact) mass is 411 g/mol. The van der Waals surface area contributed by atoms with Crippen LogP contribution in [0, 0.1) is 0 Å². The molecule has 2 aromatic rings. The summed E-state index contributed by atoms with van der Waals surface area (Å²) in [6.07, 6.45) is -3.90. The molecule has 1 N–H and O–H groups in total. The Labute approximate surface area is 166 Å². The van der Waals surface area contributed by atoms with E-state index in [9.17, 15) is 18.0 Å². The molecule has 0 bridgehead atoms.